The van der Waals surface area contributed by atoms with Gasteiger partial charge in [0.25, 0.3) is 5.91 Å². The zero-order valence-corrected chi connectivity index (χ0v) is 22.9. The summed E-state index contributed by atoms with van der Waals surface area (Å²) in [6, 6.07) is 7.01. The van der Waals surface area contributed by atoms with Crippen LogP contribution in [0.15, 0.2) is 42.9 Å². The Morgan fingerprint density at radius 1 is 0.951 bits per heavy atom. The topological polar surface area (TPSA) is 117 Å². The van der Waals surface area contributed by atoms with Crippen LogP contribution in [0.4, 0.5) is 16.0 Å². The molecule has 216 valence electrons. The van der Waals surface area contributed by atoms with Crippen LogP contribution in [0.2, 0.25) is 0 Å². The van der Waals surface area contributed by atoms with E-state index in [-0.39, 0.29) is 23.6 Å². The molecule has 4 heterocycles. The van der Waals surface area contributed by atoms with E-state index in [2.05, 4.69) is 25.6 Å². The Balaban J connectivity index is 1.22. The average molecular weight is 564 g/mol. The predicted octanol–water partition coefficient (Wildman–Crippen LogP) is 5.17. The van der Waals surface area contributed by atoms with Crippen LogP contribution in [0.3, 0.4) is 0 Å². The first-order valence-electron chi connectivity index (χ1n) is 14.3. The van der Waals surface area contributed by atoms with Crippen molar-refractivity contribution in [1.82, 2.24) is 20.3 Å². The Morgan fingerprint density at radius 2 is 1.73 bits per heavy atom. The minimum Gasteiger partial charge on any atom is -0.493 e. The van der Waals surface area contributed by atoms with Gasteiger partial charge >= 0.3 is 0 Å². The molecule has 2 aromatic heterocycles. The van der Waals surface area contributed by atoms with E-state index >= 15 is 0 Å². The fraction of sp³-hybridized carbons (Fsp3) is 0.467. The molecule has 0 unspecified atom stereocenters. The van der Waals surface area contributed by atoms with Crippen molar-refractivity contribution in [1.29, 1.82) is 0 Å². The summed E-state index contributed by atoms with van der Waals surface area (Å²) in [7, 11) is 0. The fourth-order valence-corrected chi connectivity index (χ4v) is 5.47. The van der Waals surface area contributed by atoms with E-state index in [1.165, 1.54) is 0 Å². The quantitative estimate of drug-likeness (QED) is 0.436. The smallest absolute Gasteiger partial charge is 0.255 e. The molecule has 1 saturated carbocycles. The van der Waals surface area contributed by atoms with Crippen LogP contribution in [-0.2, 0) is 9.47 Å². The molecular formula is C30H34FN5O5. The molecule has 1 aromatic carbocycles. The van der Waals surface area contributed by atoms with E-state index in [0.717, 1.165) is 57.6 Å². The highest BCUT2D eigenvalue weighted by molar-refractivity contribution is 5.97. The Morgan fingerprint density at radius 3 is 2.54 bits per heavy atom. The molecule has 1 spiro atoms. The molecule has 6 rings (SSSR count). The van der Waals surface area contributed by atoms with Crippen molar-refractivity contribution in [3.63, 3.8) is 0 Å². The molecule has 2 aliphatic heterocycles. The lowest BCUT2D eigenvalue weighted by Gasteiger charge is -2.35. The zero-order valence-electron chi connectivity index (χ0n) is 22.9. The molecule has 0 atom stereocenters. The monoisotopic (exact) mass is 563 g/mol. The minimum atomic E-state index is -0.570. The number of amides is 1. The first-order valence-corrected chi connectivity index (χ1v) is 14.3. The maximum Gasteiger partial charge on any atom is 0.255 e. The van der Waals surface area contributed by atoms with Crippen molar-refractivity contribution in [3.8, 4) is 22.8 Å². The number of nitrogens with zero attached hydrogens (tertiary/aromatic N) is 3. The standard InChI is InChI=1S/C30H34FN5O5/c31-25-19-33-29-35-22-5-6-24(28(37)34-21-7-9-30(10-8-21)40-13-14-41-30)26(16-22)39-12-4-2-1-3-11-38-23-15-20(17-32-18-23)27(25)36-29/h5-6,15-19,21H,1-4,7-14H2,(H,34,37)(H,33,35,36). The van der Waals surface area contributed by atoms with Crippen molar-refractivity contribution in [3.05, 3.63) is 54.2 Å². The van der Waals surface area contributed by atoms with Gasteiger partial charge in [-0.3, -0.25) is 9.78 Å². The number of pyridine rings is 1. The van der Waals surface area contributed by atoms with Gasteiger partial charge in [-0.05, 0) is 56.7 Å². The number of anilines is 2. The number of nitrogens with one attached hydrogen (secondary N) is 2. The van der Waals surface area contributed by atoms with Crippen molar-refractivity contribution in [2.24, 2.45) is 0 Å². The van der Waals surface area contributed by atoms with E-state index in [0.29, 0.717) is 54.7 Å². The molecule has 1 amide bonds. The maximum atomic E-state index is 14.7. The van der Waals surface area contributed by atoms with Gasteiger partial charge in [0.05, 0.1) is 44.4 Å². The van der Waals surface area contributed by atoms with Crippen LogP contribution >= 0.6 is 0 Å². The first kappa shape index (κ1) is 27.3. The van der Waals surface area contributed by atoms with Gasteiger partial charge in [0, 0.05) is 42.4 Å². The van der Waals surface area contributed by atoms with Crippen LogP contribution < -0.4 is 20.1 Å². The number of carbonyl (C=O) groups excluding carboxylic acids is 1. The van der Waals surface area contributed by atoms with Gasteiger partial charge in [-0.15, -0.1) is 0 Å². The maximum absolute atomic E-state index is 14.7. The van der Waals surface area contributed by atoms with E-state index in [1.807, 2.05) is 0 Å². The van der Waals surface area contributed by atoms with Gasteiger partial charge in [-0.25, -0.2) is 14.4 Å². The van der Waals surface area contributed by atoms with Crippen LogP contribution in [-0.4, -0.2) is 59.1 Å². The second-order valence-electron chi connectivity index (χ2n) is 10.6. The number of hydrogen-bond acceptors (Lipinski definition) is 9. The SMILES string of the molecule is O=C(NC1CCC2(CC1)OCCO2)c1ccc2cc1OCCCCCCOc1cncc(c1)-c1nc(ncc1F)N2. The average Bonchev–Trinajstić information content (AvgIpc) is 3.44. The summed E-state index contributed by atoms with van der Waals surface area (Å²) >= 11 is 0. The third-order valence-electron chi connectivity index (χ3n) is 7.67. The van der Waals surface area contributed by atoms with Crippen molar-refractivity contribution in [2.75, 3.05) is 31.7 Å². The lowest BCUT2D eigenvalue weighted by molar-refractivity contribution is -0.179. The highest BCUT2D eigenvalue weighted by Gasteiger charge is 2.40. The van der Waals surface area contributed by atoms with Crippen LogP contribution in [0.25, 0.3) is 11.3 Å². The summed E-state index contributed by atoms with van der Waals surface area (Å²) in [6.45, 7) is 2.24. The van der Waals surface area contributed by atoms with E-state index in [1.54, 1.807) is 36.7 Å². The first-order chi connectivity index (χ1) is 20.1. The molecule has 0 radical (unpaired) electrons. The molecule has 3 aliphatic rings. The van der Waals surface area contributed by atoms with Crippen LogP contribution in [0.5, 0.6) is 11.5 Å². The number of rotatable bonds is 2. The molecule has 10 nitrogen and oxygen atoms in total. The molecule has 1 saturated heterocycles. The Kier molecular flexibility index (Phi) is 8.24. The molecule has 6 bridgehead atoms. The number of hydrogen-bond donors (Lipinski definition) is 2. The second kappa shape index (κ2) is 12.4. The minimum absolute atomic E-state index is 0.0337. The number of ether oxygens (including phenoxy) is 4. The molecule has 11 heteroatoms. The van der Waals surface area contributed by atoms with E-state index < -0.39 is 11.6 Å². The molecule has 2 fully saturated rings. The summed E-state index contributed by atoms with van der Waals surface area (Å²) in [5.41, 5.74) is 1.66. The number of aromatic nitrogens is 3. The summed E-state index contributed by atoms with van der Waals surface area (Å²) in [5, 5.41) is 6.29. The molecule has 41 heavy (non-hydrogen) atoms. The third-order valence-corrected chi connectivity index (χ3v) is 7.67. The number of benzene rings is 1. The summed E-state index contributed by atoms with van der Waals surface area (Å²) in [5.74, 6) is -0.0106. The third kappa shape index (κ3) is 6.57. The number of halogens is 1. The Bertz CT molecular complexity index is 1370. The van der Waals surface area contributed by atoms with Gasteiger partial charge < -0.3 is 29.6 Å². The number of fused-ring (bicyclic) bond motifs is 7. The van der Waals surface area contributed by atoms with Crippen molar-refractivity contribution < 1.29 is 28.1 Å². The zero-order chi connectivity index (χ0) is 28.1. The van der Waals surface area contributed by atoms with E-state index in [9.17, 15) is 9.18 Å². The number of carbonyl (C=O) groups is 1. The lowest BCUT2D eigenvalue weighted by atomic mass is 9.90. The van der Waals surface area contributed by atoms with Crippen molar-refractivity contribution in [2.45, 2.75) is 63.2 Å². The largest absolute Gasteiger partial charge is 0.493 e. The normalized spacial score (nSPS) is 19.2. The van der Waals surface area contributed by atoms with Crippen LogP contribution in [0, 0.1) is 5.82 Å². The van der Waals surface area contributed by atoms with Gasteiger partial charge in [0.1, 0.15) is 17.2 Å². The lowest BCUT2D eigenvalue weighted by Crippen LogP contribution is -2.44. The molecule has 3 aromatic rings. The molecule has 2 N–H and O–H groups in total. The van der Waals surface area contributed by atoms with Gasteiger partial charge in [0.15, 0.2) is 11.6 Å². The summed E-state index contributed by atoms with van der Waals surface area (Å²) in [4.78, 5) is 26.1. The Hall–Kier alpha value is -3.83. The van der Waals surface area contributed by atoms with Gasteiger partial charge in [-0.2, -0.15) is 0 Å². The van der Waals surface area contributed by atoms with Gasteiger partial charge in [0.2, 0.25) is 5.95 Å². The Labute approximate surface area is 238 Å². The second-order valence-corrected chi connectivity index (χ2v) is 10.6. The van der Waals surface area contributed by atoms with E-state index in [4.69, 9.17) is 18.9 Å². The summed E-state index contributed by atoms with van der Waals surface area (Å²) in [6.07, 6.45) is 11.0. The molecular weight excluding hydrogens is 529 g/mol. The van der Waals surface area contributed by atoms with Crippen LogP contribution in [0.1, 0.15) is 61.7 Å². The highest BCUT2D eigenvalue weighted by Crippen LogP contribution is 2.36. The summed E-state index contributed by atoms with van der Waals surface area (Å²) < 4.78 is 38.3. The fourth-order valence-electron chi connectivity index (χ4n) is 5.47. The van der Waals surface area contributed by atoms with Crippen molar-refractivity contribution >= 4 is 17.5 Å². The molecule has 1 aliphatic carbocycles. The highest BCUT2D eigenvalue weighted by atomic mass is 19.1. The predicted molar refractivity (Wildman–Crippen MR) is 149 cm³/mol. The van der Waals surface area contributed by atoms with Gasteiger partial charge in [-0.1, -0.05) is 0 Å².